The zero-order valence-electron chi connectivity index (χ0n) is 14.8. The molecule has 0 amide bonds. The Morgan fingerprint density at radius 2 is 1.80 bits per heavy atom. The van der Waals surface area contributed by atoms with Crippen molar-refractivity contribution < 1.29 is 19.8 Å². The van der Waals surface area contributed by atoms with E-state index in [1.807, 2.05) is 0 Å². The van der Waals surface area contributed by atoms with Crippen LogP contribution in [0.15, 0.2) is 18.2 Å². The van der Waals surface area contributed by atoms with Crippen LogP contribution in [0.4, 0.5) is 0 Å². The lowest BCUT2D eigenvalue weighted by atomic mass is 9.86. The Balaban J connectivity index is 2.79. The minimum Gasteiger partial charge on any atom is -0.504 e. The van der Waals surface area contributed by atoms with Crippen molar-refractivity contribution in [2.75, 3.05) is 5.75 Å². The van der Waals surface area contributed by atoms with E-state index in [9.17, 15) is 19.8 Å². The highest BCUT2D eigenvalue weighted by molar-refractivity contribution is 7.80. The van der Waals surface area contributed by atoms with Gasteiger partial charge in [0.25, 0.3) is 0 Å². The molecule has 0 saturated carbocycles. The molecule has 0 heterocycles. The van der Waals surface area contributed by atoms with Crippen molar-refractivity contribution in [3.05, 3.63) is 23.8 Å². The summed E-state index contributed by atoms with van der Waals surface area (Å²) in [6.07, 6.45) is 5.75. The second kappa shape index (κ2) is 11.2. The zero-order valence-corrected chi connectivity index (χ0v) is 15.7. The normalized spacial score (nSPS) is 13.4. The molecule has 1 unspecified atom stereocenters. The first kappa shape index (κ1) is 21.5. The van der Waals surface area contributed by atoms with E-state index < -0.39 is 12.0 Å². The van der Waals surface area contributed by atoms with Gasteiger partial charge in [-0.05, 0) is 24.1 Å². The van der Waals surface area contributed by atoms with Crippen LogP contribution in [0.3, 0.4) is 0 Å². The van der Waals surface area contributed by atoms with Crippen LogP contribution >= 0.6 is 12.6 Å². The number of ketones is 2. The summed E-state index contributed by atoms with van der Waals surface area (Å²) < 4.78 is 0. The molecular weight excluding hydrogens is 338 g/mol. The zero-order chi connectivity index (χ0) is 18.8. The fourth-order valence-corrected chi connectivity index (χ4v) is 2.92. The van der Waals surface area contributed by atoms with Gasteiger partial charge in [-0.1, -0.05) is 38.7 Å². The van der Waals surface area contributed by atoms with Crippen molar-refractivity contribution in [3.63, 3.8) is 0 Å². The number of rotatable bonds is 12. The number of carbonyl (C=O) groups is 2. The Labute approximate surface area is 155 Å². The molecule has 0 bridgehead atoms. The number of carbonyl (C=O) groups excluding carboxylic acids is 2. The van der Waals surface area contributed by atoms with Crippen LogP contribution in [-0.4, -0.2) is 33.6 Å². The third kappa shape index (κ3) is 7.08. The largest absolute Gasteiger partial charge is 0.504 e. The summed E-state index contributed by atoms with van der Waals surface area (Å²) >= 11 is 4.06. The van der Waals surface area contributed by atoms with E-state index >= 15 is 0 Å². The Hall–Kier alpha value is -1.53. The van der Waals surface area contributed by atoms with E-state index in [4.69, 9.17) is 5.73 Å². The first-order chi connectivity index (χ1) is 11.9. The van der Waals surface area contributed by atoms with Gasteiger partial charge < -0.3 is 15.9 Å². The minimum absolute atomic E-state index is 0.00813. The van der Waals surface area contributed by atoms with Gasteiger partial charge in [0.15, 0.2) is 17.3 Å². The molecule has 0 aromatic heterocycles. The van der Waals surface area contributed by atoms with Gasteiger partial charge in [-0.2, -0.15) is 12.6 Å². The highest BCUT2D eigenvalue weighted by atomic mass is 32.1. The molecule has 0 fully saturated rings. The molecule has 0 aliphatic carbocycles. The van der Waals surface area contributed by atoms with Gasteiger partial charge in [0, 0.05) is 18.6 Å². The number of Topliss-reactive ketones (excluding diaryl/α,β-unsaturated/α-hetero) is 2. The number of hydrogen-bond acceptors (Lipinski definition) is 6. The standard InChI is InChI=1S/C19H29NO4S/c1-2-3-4-5-6-7-14(21)11-15(19(24)16(20)12-25)13-8-9-17(22)18(23)10-13/h8-10,15-16,22-23,25H,2-7,11-12,20H2,1H3/t15?,16-/m1/s1. The van der Waals surface area contributed by atoms with Crippen molar-refractivity contribution in [2.45, 2.75) is 63.8 Å². The molecule has 25 heavy (non-hydrogen) atoms. The SMILES string of the molecule is CCCCCCCC(=O)CC(C(=O)[C@H](N)CS)c1ccc(O)c(O)c1. The molecule has 140 valence electrons. The summed E-state index contributed by atoms with van der Waals surface area (Å²) in [7, 11) is 0. The van der Waals surface area contributed by atoms with Crippen molar-refractivity contribution in [1.29, 1.82) is 0 Å². The topological polar surface area (TPSA) is 101 Å². The van der Waals surface area contributed by atoms with Gasteiger partial charge >= 0.3 is 0 Å². The number of thiol groups is 1. The number of phenolic OH excluding ortho intramolecular Hbond substituents is 2. The lowest BCUT2D eigenvalue weighted by molar-refractivity contribution is -0.126. The lowest BCUT2D eigenvalue weighted by Gasteiger charge is -2.19. The Kier molecular flexibility index (Phi) is 9.60. The van der Waals surface area contributed by atoms with Gasteiger partial charge in [0.05, 0.1) is 12.0 Å². The molecule has 2 atom stereocenters. The highest BCUT2D eigenvalue weighted by Crippen LogP contribution is 2.31. The third-order valence-electron chi connectivity index (χ3n) is 4.30. The van der Waals surface area contributed by atoms with E-state index in [0.29, 0.717) is 12.0 Å². The van der Waals surface area contributed by atoms with Gasteiger partial charge in [-0.25, -0.2) is 0 Å². The first-order valence-electron chi connectivity index (χ1n) is 8.84. The summed E-state index contributed by atoms with van der Waals surface area (Å²) in [6, 6.07) is 3.39. The molecule has 1 aromatic carbocycles. The van der Waals surface area contributed by atoms with Crippen LogP contribution < -0.4 is 5.73 Å². The van der Waals surface area contributed by atoms with Crippen molar-refractivity contribution >= 4 is 24.2 Å². The number of benzene rings is 1. The molecule has 0 spiro atoms. The molecule has 0 radical (unpaired) electrons. The van der Waals surface area contributed by atoms with E-state index in [-0.39, 0.29) is 35.2 Å². The Morgan fingerprint density at radius 1 is 1.12 bits per heavy atom. The van der Waals surface area contributed by atoms with Crippen molar-refractivity contribution in [1.82, 2.24) is 0 Å². The maximum absolute atomic E-state index is 12.6. The number of nitrogens with two attached hydrogens (primary N) is 1. The molecule has 0 aliphatic rings. The number of hydrogen-bond donors (Lipinski definition) is 4. The quantitative estimate of drug-likeness (QED) is 0.258. The number of phenols is 2. The highest BCUT2D eigenvalue weighted by Gasteiger charge is 2.28. The molecule has 0 aliphatic heterocycles. The number of unbranched alkanes of at least 4 members (excludes halogenated alkanes) is 4. The maximum Gasteiger partial charge on any atom is 0.158 e. The van der Waals surface area contributed by atoms with E-state index in [1.54, 1.807) is 0 Å². The fraction of sp³-hybridized carbons (Fsp3) is 0.579. The monoisotopic (exact) mass is 367 g/mol. The van der Waals surface area contributed by atoms with Gasteiger partial charge in [-0.15, -0.1) is 0 Å². The van der Waals surface area contributed by atoms with Crippen LogP contribution in [0.1, 0.15) is 63.4 Å². The molecule has 4 N–H and O–H groups in total. The van der Waals surface area contributed by atoms with Crippen LogP contribution in [0.2, 0.25) is 0 Å². The smallest absolute Gasteiger partial charge is 0.158 e. The molecule has 5 nitrogen and oxygen atoms in total. The fourth-order valence-electron chi connectivity index (χ4n) is 2.74. The Bertz CT molecular complexity index is 577. The molecular formula is C19H29NO4S. The van der Waals surface area contributed by atoms with E-state index in [1.165, 1.54) is 24.6 Å². The maximum atomic E-state index is 12.6. The van der Waals surface area contributed by atoms with Gasteiger partial charge in [-0.3, -0.25) is 9.59 Å². The molecule has 1 aromatic rings. The van der Waals surface area contributed by atoms with Crippen LogP contribution in [0.5, 0.6) is 11.5 Å². The third-order valence-corrected chi connectivity index (χ3v) is 4.69. The van der Waals surface area contributed by atoms with Crippen molar-refractivity contribution in [2.24, 2.45) is 5.73 Å². The van der Waals surface area contributed by atoms with Crippen LogP contribution in [0.25, 0.3) is 0 Å². The van der Waals surface area contributed by atoms with E-state index in [2.05, 4.69) is 19.6 Å². The van der Waals surface area contributed by atoms with Crippen LogP contribution in [-0.2, 0) is 9.59 Å². The summed E-state index contributed by atoms with van der Waals surface area (Å²) in [5.74, 6) is -1.40. The number of aromatic hydroxyl groups is 2. The second-order valence-corrected chi connectivity index (χ2v) is 6.76. The molecule has 0 saturated heterocycles. The Morgan fingerprint density at radius 3 is 2.40 bits per heavy atom. The first-order valence-corrected chi connectivity index (χ1v) is 9.47. The van der Waals surface area contributed by atoms with Gasteiger partial charge in [0.1, 0.15) is 5.78 Å². The predicted molar refractivity (Wildman–Crippen MR) is 102 cm³/mol. The summed E-state index contributed by atoms with van der Waals surface area (Å²) in [5.41, 5.74) is 6.29. The average Bonchev–Trinajstić information content (AvgIpc) is 2.60. The summed E-state index contributed by atoms with van der Waals surface area (Å²) in [6.45, 7) is 2.14. The molecule has 1 rings (SSSR count). The summed E-state index contributed by atoms with van der Waals surface area (Å²) in [4.78, 5) is 24.9. The van der Waals surface area contributed by atoms with Crippen LogP contribution in [0, 0.1) is 0 Å². The molecule has 6 heteroatoms. The second-order valence-electron chi connectivity index (χ2n) is 6.40. The van der Waals surface area contributed by atoms with Gasteiger partial charge in [0.2, 0.25) is 0 Å². The summed E-state index contributed by atoms with van der Waals surface area (Å²) in [5, 5.41) is 19.1. The minimum atomic E-state index is -0.776. The van der Waals surface area contributed by atoms with E-state index in [0.717, 1.165) is 25.7 Å². The van der Waals surface area contributed by atoms with Crippen molar-refractivity contribution in [3.8, 4) is 11.5 Å². The predicted octanol–water partition coefficient (Wildman–Crippen LogP) is 3.33. The lowest BCUT2D eigenvalue weighted by Crippen LogP contribution is -2.37. The average molecular weight is 368 g/mol.